The van der Waals surface area contributed by atoms with Gasteiger partial charge in [0.25, 0.3) is 0 Å². The van der Waals surface area contributed by atoms with Crippen molar-refractivity contribution in [3.63, 3.8) is 0 Å². The molecule has 1 aromatic rings. The van der Waals surface area contributed by atoms with Crippen LogP contribution in [0.25, 0.3) is 5.57 Å². The van der Waals surface area contributed by atoms with Crippen molar-refractivity contribution in [1.29, 1.82) is 0 Å². The van der Waals surface area contributed by atoms with Gasteiger partial charge in [-0.25, -0.2) is 0 Å². The molecule has 0 amide bonds. The molecule has 0 N–H and O–H groups in total. The molecule has 1 unspecified atom stereocenters. The van der Waals surface area contributed by atoms with Crippen LogP contribution in [0, 0.1) is 23.7 Å². The van der Waals surface area contributed by atoms with Gasteiger partial charge in [0.2, 0.25) is 0 Å². The van der Waals surface area contributed by atoms with Crippen LogP contribution in [0.3, 0.4) is 0 Å². The summed E-state index contributed by atoms with van der Waals surface area (Å²) < 4.78 is 0. The van der Waals surface area contributed by atoms with Crippen molar-refractivity contribution < 1.29 is 0 Å². The van der Waals surface area contributed by atoms with Crippen molar-refractivity contribution >= 4 is 18.8 Å². The normalized spacial score (nSPS) is 15.5. The quantitative estimate of drug-likeness (QED) is 0.277. The minimum Gasteiger partial charge on any atom is -0.0817 e. The zero-order valence-corrected chi connectivity index (χ0v) is 23.8. The van der Waals surface area contributed by atoms with E-state index in [0.717, 1.165) is 0 Å². The van der Waals surface area contributed by atoms with Crippen LogP contribution in [-0.4, -0.2) is 10.3 Å². The van der Waals surface area contributed by atoms with E-state index in [0.29, 0.717) is 23.7 Å². The van der Waals surface area contributed by atoms with E-state index < -0.39 is 0 Å². The minimum atomic E-state index is -0.364. The Kier molecular flexibility index (Phi) is 10.3. The summed E-state index contributed by atoms with van der Waals surface area (Å²) in [5.41, 5.74) is 4.64. The molecule has 0 nitrogen and oxygen atoms in total. The monoisotopic (exact) mass is 442 g/mol. The fraction of sp³-hybridized carbons (Fsp3) is 0.667. The van der Waals surface area contributed by atoms with Gasteiger partial charge in [0.05, 0.1) is 0 Å². The summed E-state index contributed by atoms with van der Waals surface area (Å²) >= 11 is 0. The molecule has 0 aliphatic heterocycles. The molecule has 31 heavy (non-hydrogen) atoms. The number of benzene rings is 1. The van der Waals surface area contributed by atoms with Gasteiger partial charge in [-0.3, -0.25) is 0 Å². The lowest BCUT2D eigenvalue weighted by Gasteiger charge is -2.43. The second-order valence-corrected chi connectivity index (χ2v) is 15.9. The largest absolute Gasteiger partial charge is 0.0817 e. The molecule has 0 saturated carbocycles. The summed E-state index contributed by atoms with van der Waals surface area (Å²) in [6.45, 7) is 31.1. The highest BCUT2D eigenvalue weighted by Gasteiger charge is 2.38. The van der Waals surface area contributed by atoms with E-state index in [4.69, 9.17) is 0 Å². The van der Waals surface area contributed by atoms with Crippen LogP contribution >= 0.6 is 7.92 Å². The van der Waals surface area contributed by atoms with Gasteiger partial charge in [0, 0.05) is 0 Å². The van der Waals surface area contributed by atoms with Gasteiger partial charge >= 0.3 is 0 Å². The van der Waals surface area contributed by atoms with Crippen LogP contribution in [-0.2, 0) is 0 Å². The van der Waals surface area contributed by atoms with Gasteiger partial charge in [-0.05, 0) is 62.4 Å². The lowest BCUT2D eigenvalue weighted by atomic mass is 9.77. The molecule has 0 radical (unpaired) electrons. The Bertz CT molecular complexity index is 733. The lowest BCUT2D eigenvalue weighted by molar-refractivity contribution is 0.463. The molecule has 0 saturated heterocycles. The third-order valence-corrected chi connectivity index (χ3v) is 9.54. The van der Waals surface area contributed by atoms with Gasteiger partial charge in [-0.2, -0.15) is 0 Å². The first kappa shape index (κ1) is 28.2. The molecule has 0 heterocycles. The second-order valence-electron chi connectivity index (χ2n) is 12.1. The highest BCUT2D eigenvalue weighted by atomic mass is 31.1. The van der Waals surface area contributed by atoms with E-state index in [1.54, 1.807) is 10.9 Å². The van der Waals surface area contributed by atoms with E-state index in [1.165, 1.54) is 17.6 Å². The first-order valence-electron chi connectivity index (χ1n) is 12.4. The van der Waals surface area contributed by atoms with Crippen molar-refractivity contribution in [2.75, 3.05) is 0 Å². The summed E-state index contributed by atoms with van der Waals surface area (Å²) in [6.07, 6.45) is 6.01. The predicted molar refractivity (Wildman–Crippen MR) is 147 cm³/mol. The van der Waals surface area contributed by atoms with Gasteiger partial charge < -0.3 is 0 Å². The minimum absolute atomic E-state index is 0.250. The molecular weight excluding hydrogens is 391 g/mol. The number of hydrogen-bond donors (Lipinski definition) is 0. The summed E-state index contributed by atoms with van der Waals surface area (Å²) in [6, 6.07) is 9.39. The maximum absolute atomic E-state index is 2.45. The van der Waals surface area contributed by atoms with Gasteiger partial charge in [-0.1, -0.05) is 134 Å². The van der Waals surface area contributed by atoms with Crippen LogP contribution in [0.2, 0.25) is 0 Å². The molecule has 0 spiro atoms. The fourth-order valence-electron chi connectivity index (χ4n) is 5.09. The molecule has 1 atom stereocenters. The summed E-state index contributed by atoms with van der Waals surface area (Å²) in [5.74, 6) is 2.24. The number of rotatable bonds is 8. The molecule has 1 heteroatoms. The van der Waals surface area contributed by atoms with Crippen molar-refractivity contribution in [3.8, 4) is 0 Å². The Morgan fingerprint density at radius 3 is 1.77 bits per heavy atom. The maximum atomic E-state index is 2.45. The molecule has 1 rings (SSSR count). The molecule has 0 fully saturated rings. The van der Waals surface area contributed by atoms with Crippen molar-refractivity contribution in [2.45, 2.75) is 107 Å². The average molecular weight is 443 g/mol. The van der Waals surface area contributed by atoms with Gasteiger partial charge in [0.15, 0.2) is 0 Å². The van der Waals surface area contributed by atoms with Crippen LogP contribution in [0.15, 0.2) is 42.0 Å². The summed E-state index contributed by atoms with van der Waals surface area (Å²) in [5, 5.41) is 2.09. The molecule has 1 aromatic carbocycles. The van der Waals surface area contributed by atoms with E-state index in [9.17, 15) is 0 Å². The standard InChI is InChI=1S/C30H51P/c1-14-24(22(4)5)28(25(23(6)7)20-19-21(2)3)26-17-15-16-18-27(26)31(29(8,9)10)30(11,12)13/h15-24H,14H2,1-13H3/b20-19+,28-25-. The molecule has 0 bridgehead atoms. The topological polar surface area (TPSA) is 0 Å². The smallest absolute Gasteiger partial charge is 0.0132 e. The summed E-state index contributed by atoms with van der Waals surface area (Å²) in [7, 11) is -0.364. The SMILES string of the molecule is CCC(/C(=C(\C=C\C(C)C)C(C)C)c1ccccc1P(C(C)(C)C)C(C)(C)C)C(C)C. The Hall–Kier alpha value is -0.870. The second kappa shape index (κ2) is 11.3. The molecule has 0 aliphatic rings. The molecule has 176 valence electrons. The van der Waals surface area contributed by atoms with Crippen LogP contribution in [0.5, 0.6) is 0 Å². The Labute approximate surface area is 196 Å². The first-order valence-corrected chi connectivity index (χ1v) is 13.8. The van der Waals surface area contributed by atoms with E-state index in [2.05, 4.69) is 126 Å². The highest BCUT2D eigenvalue weighted by molar-refractivity contribution is 7.68. The first-order chi connectivity index (χ1) is 14.1. The summed E-state index contributed by atoms with van der Waals surface area (Å²) in [4.78, 5) is 0. The fourth-order valence-corrected chi connectivity index (χ4v) is 9.22. The van der Waals surface area contributed by atoms with Gasteiger partial charge in [0.1, 0.15) is 0 Å². The predicted octanol–water partition coefficient (Wildman–Crippen LogP) is 9.69. The number of hydrogen-bond acceptors (Lipinski definition) is 0. The highest BCUT2D eigenvalue weighted by Crippen LogP contribution is 2.59. The third kappa shape index (κ3) is 7.60. The molecular formula is C30H51P. The Morgan fingerprint density at radius 1 is 0.871 bits per heavy atom. The molecule has 0 aromatic heterocycles. The third-order valence-electron chi connectivity index (χ3n) is 5.99. The van der Waals surface area contributed by atoms with E-state index in [-0.39, 0.29) is 18.2 Å². The molecule has 0 aliphatic carbocycles. The Balaban J connectivity index is 4.06. The lowest BCUT2D eigenvalue weighted by Crippen LogP contribution is -2.33. The van der Waals surface area contributed by atoms with Crippen LogP contribution in [0.4, 0.5) is 0 Å². The zero-order chi connectivity index (χ0) is 24.1. The van der Waals surface area contributed by atoms with Crippen LogP contribution in [0.1, 0.15) is 102 Å². The van der Waals surface area contributed by atoms with E-state index in [1.807, 2.05) is 0 Å². The van der Waals surface area contributed by atoms with Crippen molar-refractivity contribution in [2.24, 2.45) is 23.7 Å². The zero-order valence-electron chi connectivity index (χ0n) is 22.9. The average Bonchev–Trinajstić information content (AvgIpc) is 2.58. The van der Waals surface area contributed by atoms with Crippen molar-refractivity contribution in [1.82, 2.24) is 0 Å². The van der Waals surface area contributed by atoms with Gasteiger partial charge in [-0.15, -0.1) is 0 Å². The van der Waals surface area contributed by atoms with Crippen molar-refractivity contribution in [3.05, 3.63) is 47.6 Å². The van der Waals surface area contributed by atoms with E-state index >= 15 is 0 Å². The number of allylic oxidation sites excluding steroid dienone is 4. The maximum Gasteiger partial charge on any atom is -0.0132 e. The van der Waals surface area contributed by atoms with Crippen LogP contribution < -0.4 is 5.30 Å². The Morgan fingerprint density at radius 2 is 1.39 bits per heavy atom.